The normalized spacial score (nSPS) is 22.9. The lowest BCUT2D eigenvalue weighted by Crippen LogP contribution is -2.60. The Kier molecular flexibility index (Phi) is 10.3. The highest BCUT2D eigenvalue weighted by Crippen LogP contribution is 2.46. The van der Waals surface area contributed by atoms with E-state index >= 15 is 0 Å². The van der Waals surface area contributed by atoms with Crippen LogP contribution in [-0.2, 0) is 9.59 Å². The number of carboxylic acids is 2. The van der Waals surface area contributed by atoms with Crippen molar-refractivity contribution in [3.63, 3.8) is 0 Å². The van der Waals surface area contributed by atoms with E-state index in [-0.39, 0.29) is 28.9 Å². The number of allylic oxidation sites excluding steroid dienone is 1. The molecule has 1 saturated heterocycles. The summed E-state index contributed by atoms with van der Waals surface area (Å²) in [7, 11) is 0. The number of nitro benzene ring substituents is 1. The number of hydrogen-bond acceptors (Lipinski definition) is 7. The largest absolute Gasteiger partial charge is 0.481 e. The molecule has 4 atom stereocenters. The lowest BCUT2D eigenvalue weighted by molar-refractivity contribution is -0.384. The zero-order valence-corrected chi connectivity index (χ0v) is 27.9. The summed E-state index contributed by atoms with van der Waals surface area (Å²) in [6.45, 7) is 8.47. The van der Waals surface area contributed by atoms with Gasteiger partial charge in [0.15, 0.2) is 0 Å². The first-order valence-corrected chi connectivity index (χ1v) is 16.2. The molecule has 2 heterocycles. The fraction of sp³-hybridized carbons (Fsp3) is 0.371. The van der Waals surface area contributed by atoms with E-state index in [0.29, 0.717) is 22.2 Å². The number of non-ortho nitro benzene ring substituents is 1. The van der Waals surface area contributed by atoms with Gasteiger partial charge in [-0.1, -0.05) is 59.6 Å². The van der Waals surface area contributed by atoms with Gasteiger partial charge in [-0.2, -0.15) is 0 Å². The average molecular weight is 682 g/mol. The minimum Gasteiger partial charge on any atom is -0.481 e. The molecule has 4 unspecified atom stereocenters. The Balaban J connectivity index is 1.39. The van der Waals surface area contributed by atoms with Crippen molar-refractivity contribution in [2.45, 2.75) is 50.7 Å². The van der Waals surface area contributed by atoms with Gasteiger partial charge < -0.3 is 15.5 Å². The van der Waals surface area contributed by atoms with Crippen LogP contribution in [-0.4, -0.2) is 74.6 Å². The monoisotopic (exact) mass is 680 g/mol. The molecule has 2 aliphatic rings. The van der Waals surface area contributed by atoms with Crippen LogP contribution in [0.15, 0.2) is 84.1 Å². The number of piperazine rings is 1. The molecule has 2 aliphatic heterocycles. The van der Waals surface area contributed by atoms with Crippen LogP contribution in [0, 0.1) is 16.0 Å². The smallest absolute Gasteiger partial charge is 0.333 e. The molecule has 248 valence electrons. The molecule has 0 spiro atoms. The second-order valence-corrected chi connectivity index (χ2v) is 13.5. The maximum Gasteiger partial charge on any atom is 0.333 e. The molecule has 1 fully saturated rings. The molecular formula is C35H38Cl2N4O6. The van der Waals surface area contributed by atoms with Gasteiger partial charge in [-0.3, -0.25) is 24.7 Å². The molecule has 47 heavy (non-hydrogen) atoms. The van der Waals surface area contributed by atoms with E-state index in [0.717, 1.165) is 37.3 Å². The summed E-state index contributed by atoms with van der Waals surface area (Å²) in [6, 6.07) is 21.3. The fourth-order valence-corrected chi connectivity index (χ4v) is 7.75. The van der Waals surface area contributed by atoms with Crippen molar-refractivity contribution in [1.29, 1.82) is 0 Å². The average Bonchev–Trinajstić information content (AvgIpc) is 3.02. The van der Waals surface area contributed by atoms with Gasteiger partial charge in [-0.15, -0.1) is 0 Å². The zero-order valence-electron chi connectivity index (χ0n) is 26.4. The molecular weight excluding hydrogens is 643 g/mol. The third kappa shape index (κ3) is 7.31. The third-order valence-electron chi connectivity index (χ3n) is 9.57. The van der Waals surface area contributed by atoms with E-state index in [1.807, 2.05) is 55.5 Å². The maximum atomic E-state index is 13.0. The summed E-state index contributed by atoms with van der Waals surface area (Å²) in [5, 5.41) is 37.0. The van der Waals surface area contributed by atoms with Crippen molar-refractivity contribution in [2.75, 3.05) is 26.2 Å². The van der Waals surface area contributed by atoms with Crippen LogP contribution >= 0.6 is 23.2 Å². The van der Waals surface area contributed by atoms with Crippen molar-refractivity contribution in [3.8, 4) is 0 Å². The van der Waals surface area contributed by atoms with Gasteiger partial charge in [-0.05, 0) is 68.1 Å². The molecule has 10 nitrogen and oxygen atoms in total. The standard InChI is InChI=1S/C35H38Cl2N4O6/c1-21(39-15-17-40(18-16-39)32(23-7-11-26(36)12-8-23)24-9-13-27(37)14-10-24)20-35(3)31(34(44)45)30(29(33(42)43)22(2)38-35)25-5-4-6-28(19-25)41(46)47/h4-14,19,21,30-32,38H,15-18,20H2,1-3H3,(H,42,43)(H,44,45). The summed E-state index contributed by atoms with van der Waals surface area (Å²) in [4.78, 5) is 41.2. The number of carboxylic acid groups (broad SMARTS) is 2. The first kappa shape index (κ1) is 34.4. The van der Waals surface area contributed by atoms with Crippen LogP contribution in [0.1, 0.15) is 55.8 Å². The number of halogens is 2. The SMILES string of the molecule is CC1=C(C(=O)O)C(c2cccc([N+](=O)[O-])c2)C(C(=O)O)C(C)(CC(C)N2CCN(C(c3ccc(Cl)cc3)c3ccc(Cl)cc3)CC2)N1. The van der Waals surface area contributed by atoms with Crippen LogP contribution in [0.3, 0.4) is 0 Å². The van der Waals surface area contributed by atoms with Crippen molar-refractivity contribution in [2.24, 2.45) is 5.92 Å². The highest BCUT2D eigenvalue weighted by atomic mass is 35.5. The number of nitrogens with one attached hydrogen (secondary N) is 1. The van der Waals surface area contributed by atoms with E-state index in [4.69, 9.17) is 23.2 Å². The lowest BCUT2D eigenvalue weighted by Gasteiger charge is -2.49. The number of hydrogen-bond donors (Lipinski definition) is 3. The van der Waals surface area contributed by atoms with E-state index in [1.54, 1.807) is 13.0 Å². The van der Waals surface area contributed by atoms with Crippen LogP contribution in [0.4, 0.5) is 5.69 Å². The van der Waals surface area contributed by atoms with Gasteiger partial charge in [0, 0.05) is 71.6 Å². The zero-order chi connectivity index (χ0) is 34.0. The van der Waals surface area contributed by atoms with E-state index in [1.165, 1.54) is 18.2 Å². The Hall–Kier alpha value is -3.96. The fourth-order valence-electron chi connectivity index (χ4n) is 7.50. The summed E-state index contributed by atoms with van der Waals surface area (Å²) < 4.78 is 0. The molecule has 0 bridgehead atoms. The van der Waals surface area contributed by atoms with Crippen LogP contribution in [0.2, 0.25) is 10.0 Å². The van der Waals surface area contributed by atoms with Crippen molar-refractivity contribution >= 4 is 40.8 Å². The first-order valence-electron chi connectivity index (χ1n) is 15.5. The van der Waals surface area contributed by atoms with Gasteiger partial charge in [0.25, 0.3) is 5.69 Å². The molecule has 5 rings (SSSR count). The van der Waals surface area contributed by atoms with Crippen molar-refractivity contribution < 1.29 is 24.7 Å². The number of benzene rings is 3. The topological polar surface area (TPSA) is 136 Å². The van der Waals surface area contributed by atoms with Gasteiger partial charge in [0.05, 0.1) is 22.5 Å². The van der Waals surface area contributed by atoms with Gasteiger partial charge >= 0.3 is 11.9 Å². The Labute approximate surface area is 283 Å². The minimum atomic E-state index is -1.26. The van der Waals surface area contributed by atoms with Crippen LogP contribution < -0.4 is 5.32 Å². The number of carbonyl (C=O) groups is 2. The number of nitrogens with zero attached hydrogens (tertiary/aromatic N) is 3. The van der Waals surface area contributed by atoms with Crippen LogP contribution in [0.5, 0.6) is 0 Å². The molecule has 0 radical (unpaired) electrons. The van der Waals surface area contributed by atoms with Crippen molar-refractivity contribution in [1.82, 2.24) is 15.1 Å². The Bertz CT molecular complexity index is 1630. The molecule has 0 amide bonds. The first-order chi connectivity index (χ1) is 22.3. The Morgan fingerprint density at radius 3 is 1.98 bits per heavy atom. The van der Waals surface area contributed by atoms with Gasteiger partial charge in [-0.25, -0.2) is 4.79 Å². The predicted octanol–water partition coefficient (Wildman–Crippen LogP) is 6.59. The molecule has 0 saturated carbocycles. The second-order valence-electron chi connectivity index (χ2n) is 12.7. The predicted molar refractivity (Wildman–Crippen MR) is 181 cm³/mol. The number of nitro groups is 1. The quantitative estimate of drug-likeness (QED) is 0.160. The van der Waals surface area contributed by atoms with E-state index < -0.39 is 34.2 Å². The minimum absolute atomic E-state index is 0.00572. The molecule has 3 aromatic carbocycles. The summed E-state index contributed by atoms with van der Waals surface area (Å²) >= 11 is 12.4. The van der Waals surface area contributed by atoms with Crippen LogP contribution in [0.25, 0.3) is 0 Å². The summed E-state index contributed by atoms with van der Waals surface area (Å²) in [5.74, 6) is -4.74. The maximum absolute atomic E-state index is 13.0. The highest BCUT2D eigenvalue weighted by Gasteiger charge is 2.52. The van der Waals surface area contributed by atoms with E-state index in [9.17, 15) is 29.9 Å². The Morgan fingerprint density at radius 2 is 1.49 bits per heavy atom. The second kappa shape index (κ2) is 14.0. The van der Waals surface area contributed by atoms with Gasteiger partial charge in [0.2, 0.25) is 0 Å². The summed E-state index contributed by atoms with van der Waals surface area (Å²) in [5.41, 5.74) is 1.47. The molecule has 0 aliphatic carbocycles. The number of aliphatic carboxylic acids is 2. The molecule has 3 N–H and O–H groups in total. The summed E-state index contributed by atoms with van der Waals surface area (Å²) in [6.07, 6.45) is 0.400. The highest BCUT2D eigenvalue weighted by molar-refractivity contribution is 6.30. The molecule has 12 heteroatoms. The van der Waals surface area contributed by atoms with E-state index in [2.05, 4.69) is 22.0 Å². The van der Waals surface area contributed by atoms with Crippen molar-refractivity contribution in [3.05, 3.63) is 121 Å². The lowest BCUT2D eigenvalue weighted by atomic mass is 9.65. The number of rotatable bonds is 10. The molecule has 0 aromatic heterocycles. The third-order valence-corrected chi connectivity index (χ3v) is 10.1. The Morgan fingerprint density at radius 1 is 0.957 bits per heavy atom. The van der Waals surface area contributed by atoms with Gasteiger partial charge in [0.1, 0.15) is 0 Å². The molecule has 3 aromatic rings.